The number of rotatable bonds is 9. The lowest BCUT2D eigenvalue weighted by Crippen LogP contribution is -2.31. The lowest BCUT2D eigenvalue weighted by molar-refractivity contribution is 0.0716. The van der Waals surface area contributed by atoms with Crippen LogP contribution in [-0.2, 0) is 0 Å². The number of carbonyl (C=O) groups excluding carboxylic acids is 1. The van der Waals surface area contributed by atoms with E-state index in [-0.39, 0.29) is 35.8 Å². The average molecular weight is 486 g/mol. The third-order valence-electron chi connectivity index (χ3n) is 6.06. The zero-order valence-corrected chi connectivity index (χ0v) is 20.3. The first-order valence-electron chi connectivity index (χ1n) is 11.4. The number of fused-ring (bicyclic) bond motifs is 2. The van der Waals surface area contributed by atoms with Crippen molar-refractivity contribution in [2.45, 2.75) is 39.2 Å². The molecule has 3 aromatic rings. The summed E-state index contributed by atoms with van der Waals surface area (Å²) in [5.41, 5.74) is 1.72. The maximum Gasteiger partial charge on any atom is 0.290 e. The molecular formula is C26H28ClNO6. The van der Waals surface area contributed by atoms with Gasteiger partial charge in [-0.05, 0) is 55.2 Å². The summed E-state index contributed by atoms with van der Waals surface area (Å²) in [6.07, 6.45) is 2.29. The fraction of sp³-hybridized carbons (Fsp3) is 0.385. The molecule has 0 saturated heterocycles. The van der Waals surface area contributed by atoms with Crippen molar-refractivity contribution in [2.24, 2.45) is 0 Å². The molecule has 0 spiro atoms. The number of hydrogen-bond donors (Lipinski definition) is 1. The van der Waals surface area contributed by atoms with Gasteiger partial charge in [0.2, 0.25) is 5.76 Å². The number of unbranched alkanes of at least 4 members (excludes halogenated alkanes) is 1. The Bertz CT molecular complexity index is 1280. The standard InChI is InChI=1S/C26H28ClNO6/c1-4-5-11-33-19-8-7-16(13-21(19)32-3)23-22-24(30)17-14-18(27)15(2)12-20(17)34-25(22)26(31)28(23)9-6-10-29/h7-8,12-14,23,29H,4-6,9-11H2,1-3H3. The van der Waals surface area contributed by atoms with E-state index in [1.165, 1.54) is 0 Å². The van der Waals surface area contributed by atoms with E-state index in [0.29, 0.717) is 46.1 Å². The fourth-order valence-corrected chi connectivity index (χ4v) is 4.42. The number of aliphatic hydroxyl groups excluding tert-OH is 1. The van der Waals surface area contributed by atoms with Gasteiger partial charge in [-0.3, -0.25) is 9.59 Å². The SMILES string of the molecule is CCCCOc1ccc(C2c3c(oc4cc(C)c(Cl)cc4c3=O)C(=O)N2CCCO)cc1OC. The van der Waals surface area contributed by atoms with Crippen molar-refractivity contribution in [3.8, 4) is 11.5 Å². The molecule has 2 aromatic carbocycles. The first-order valence-corrected chi connectivity index (χ1v) is 11.8. The molecular weight excluding hydrogens is 458 g/mol. The minimum atomic E-state index is -0.687. The lowest BCUT2D eigenvalue weighted by Gasteiger charge is -2.25. The molecule has 1 aliphatic rings. The minimum absolute atomic E-state index is 0.0180. The van der Waals surface area contributed by atoms with E-state index >= 15 is 0 Å². The van der Waals surface area contributed by atoms with Crippen molar-refractivity contribution in [1.82, 2.24) is 4.90 Å². The molecule has 0 saturated carbocycles. The largest absolute Gasteiger partial charge is 0.493 e. The van der Waals surface area contributed by atoms with Crippen LogP contribution in [0.5, 0.6) is 11.5 Å². The number of aliphatic hydroxyl groups is 1. The van der Waals surface area contributed by atoms with E-state index in [1.54, 1.807) is 36.3 Å². The molecule has 1 N–H and O–H groups in total. The summed E-state index contributed by atoms with van der Waals surface area (Å²) in [5, 5.41) is 10.2. The number of carbonyl (C=O) groups is 1. The maximum absolute atomic E-state index is 13.6. The highest BCUT2D eigenvalue weighted by atomic mass is 35.5. The van der Waals surface area contributed by atoms with Crippen LogP contribution in [0.15, 0.2) is 39.5 Å². The van der Waals surface area contributed by atoms with Crippen molar-refractivity contribution < 1.29 is 23.8 Å². The quantitative estimate of drug-likeness (QED) is 0.435. The Hall–Kier alpha value is -3.03. The van der Waals surface area contributed by atoms with Crippen LogP contribution in [0.25, 0.3) is 11.0 Å². The summed E-state index contributed by atoms with van der Waals surface area (Å²) < 4.78 is 17.4. The summed E-state index contributed by atoms with van der Waals surface area (Å²) in [4.78, 5) is 28.5. The van der Waals surface area contributed by atoms with E-state index < -0.39 is 6.04 Å². The van der Waals surface area contributed by atoms with E-state index in [2.05, 4.69) is 6.92 Å². The van der Waals surface area contributed by atoms with Crippen LogP contribution in [-0.4, -0.2) is 42.8 Å². The average Bonchev–Trinajstić information content (AvgIpc) is 3.11. The van der Waals surface area contributed by atoms with Crippen LogP contribution in [0.4, 0.5) is 0 Å². The molecule has 1 atom stereocenters. The molecule has 1 amide bonds. The second kappa shape index (κ2) is 10.1. The Kier molecular flexibility index (Phi) is 7.14. The first-order chi connectivity index (χ1) is 16.4. The van der Waals surface area contributed by atoms with Gasteiger partial charge in [0.05, 0.1) is 30.7 Å². The highest BCUT2D eigenvalue weighted by molar-refractivity contribution is 6.32. The molecule has 0 radical (unpaired) electrons. The van der Waals surface area contributed by atoms with Crippen LogP contribution in [0.2, 0.25) is 5.02 Å². The van der Waals surface area contributed by atoms with Crippen molar-refractivity contribution >= 4 is 28.5 Å². The van der Waals surface area contributed by atoms with Crippen LogP contribution < -0.4 is 14.9 Å². The number of aryl methyl sites for hydroxylation is 1. The molecule has 180 valence electrons. The first kappa shape index (κ1) is 24.1. The van der Waals surface area contributed by atoms with Crippen LogP contribution in [0, 0.1) is 6.92 Å². The van der Waals surface area contributed by atoms with Gasteiger partial charge in [-0.25, -0.2) is 0 Å². The van der Waals surface area contributed by atoms with Crippen LogP contribution >= 0.6 is 11.6 Å². The second-order valence-electron chi connectivity index (χ2n) is 8.36. The van der Waals surface area contributed by atoms with Gasteiger partial charge in [-0.15, -0.1) is 0 Å². The van der Waals surface area contributed by atoms with E-state index in [1.807, 2.05) is 13.0 Å². The van der Waals surface area contributed by atoms with Gasteiger partial charge in [0.1, 0.15) is 5.58 Å². The summed E-state index contributed by atoms with van der Waals surface area (Å²) >= 11 is 6.28. The van der Waals surface area contributed by atoms with E-state index in [4.69, 9.17) is 25.5 Å². The number of halogens is 1. The van der Waals surface area contributed by atoms with Gasteiger partial charge in [0, 0.05) is 18.2 Å². The summed E-state index contributed by atoms with van der Waals surface area (Å²) in [7, 11) is 1.55. The highest BCUT2D eigenvalue weighted by Crippen LogP contribution is 2.41. The Morgan fingerprint density at radius 1 is 1.15 bits per heavy atom. The summed E-state index contributed by atoms with van der Waals surface area (Å²) in [5.74, 6) is 0.742. The molecule has 0 fully saturated rings. The zero-order valence-electron chi connectivity index (χ0n) is 19.5. The van der Waals surface area contributed by atoms with Gasteiger partial charge in [0.15, 0.2) is 16.9 Å². The lowest BCUT2D eigenvalue weighted by atomic mass is 9.97. The summed E-state index contributed by atoms with van der Waals surface area (Å²) in [6.45, 7) is 4.64. The molecule has 2 heterocycles. The molecule has 0 aliphatic carbocycles. The predicted octanol–water partition coefficient (Wildman–Crippen LogP) is 4.87. The molecule has 0 bridgehead atoms. The molecule has 1 aliphatic heterocycles. The third kappa shape index (κ3) is 4.26. The van der Waals surface area contributed by atoms with Crippen molar-refractivity contribution in [3.05, 3.63) is 68.0 Å². The van der Waals surface area contributed by atoms with Crippen LogP contribution in [0.1, 0.15) is 59.5 Å². The minimum Gasteiger partial charge on any atom is -0.493 e. The predicted molar refractivity (Wildman–Crippen MR) is 130 cm³/mol. The number of methoxy groups -OCH3 is 1. The molecule has 8 heteroatoms. The zero-order chi connectivity index (χ0) is 24.4. The van der Waals surface area contributed by atoms with Gasteiger partial charge in [0.25, 0.3) is 5.91 Å². The van der Waals surface area contributed by atoms with E-state index in [9.17, 15) is 14.7 Å². The Labute approximate surface area is 202 Å². The Morgan fingerprint density at radius 3 is 2.65 bits per heavy atom. The molecule has 4 rings (SSSR count). The summed E-state index contributed by atoms with van der Waals surface area (Å²) in [6, 6.07) is 7.97. The Morgan fingerprint density at radius 2 is 1.94 bits per heavy atom. The highest BCUT2D eigenvalue weighted by Gasteiger charge is 2.42. The topological polar surface area (TPSA) is 89.2 Å². The monoisotopic (exact) mass is 485 g/mol. The maximum atomic E-state index is 13.6. The van der Waals surface area contributed by atoms with Gasteiger partial charge in [-0.1, -0.05) is 31.0 Å². The number of ether oxygens (including phenoxy) is 2. The molecule has 1 unspecified atom stereocenters. The smallest absolute Gasteiger partial charge is 0.290 e. The number of hydrogen-bond acceptors (Lipinski definition) is 6. The molecule has 1 aromatic heterocycles. The molecule has 34 heavy (non-hydrogen) atoms. The van der Waals surface area contributed by atoms with Crippen molar-refractivity contribution in [2.75, 3.05) is 26.9 Å². The third-order valence-corrected chi connectivity index (χ3v) is 6.47. The number of nitrogens with zero attached hydrogens (tertiary/aromatic N) is 1. The number of amides is 1. The van der Waals surface area contributed by atoms with Crippen molar-refractivity contribution in [3.63, 3.8) is 0 Å². The van der Waals surface area contributed by atoms with Crippen LogP contribution in [0.3, 0.4) is 0 Å². The Balaban J connectivity index is 1.87. The van der Waals surface area contributed by atoms with Gasteiger partial charge < -0.3 is 23.9 Å². The fourth-order valence-electron chi connectivity index (χ4n) is 4.26. The normalized spacial score (nSPS) is 15.1. The molecule has 7 nitrogen and oxygen atoms in total. The number of benzene rings is 2. The van der Waals surface area contributed by atoms with Gasteiger partial charge in [-0.2, -0.15) is 0 Å². The van der Waals surface area contributed by atoms with Crippen molar-refractivity contribution in [1.29, 1.82) is 0 Å². The van der Waals surface area contributed by atoms with Gasteiger partial charge >= 0.3 is 0 Å². The second-order valence-corrected chi connectivity index (χ2v) is 8.77. The van der Waals surface area contributed by atoms with E-state index in [0.717, 1.165) is 18.4 Å².